The average Bonchev–Trinajstić information content (AvgIpc) is 2.41. The van der Waals surface area contributed by atoms with Crippen molar-refractivity contribution >= 4 is 0 Å². The van der Waals surface area contributed by atoms with E-state index in [4.69, 9.17) is 10.00 Å². The molecular weight excluding hydrogens is 245 g/mol. The fourth-order valence-corrected chi connectivity index (χ4v) is 1.58. The van der Waals surface area contributed by atoms with Gasteiger partial charge < -0.3 is 9.84 Å². The molecule has 0 aliphatic rings. The smallest absolute Gasteiger partial charge is 0.166 e. The summed E-state index contributed by atoms with van der Waals surface area (Å²) in [6.07, 6.45) is -0.724. The molecule has 0 bridgehead atoms. The zero-order valence-electron chi connectivity index (χ0n) is 10.3. The van der Waals surface area contributed by atoms with Crippen LogP contribution in [0.2, 0.25) is 0 Å². The van der Waals surface area contributed by atoms with Crippen LogP contribution >= 0.6 is 0 Å². The molecule has 0 heterocycles. The van der Waals surface area contributed by atoms with Crippen LogP contribution < -0.4 is 4.74 Å². The molecule has 0 radical (unpaired) electrons. The maximum absolute atomic E-state index is 13.8. The number of hydrogen-bond donors (Lipinski definition) is 1. The molecule has 2 rings (SSSR count). The second-order valence-electron chi connectivity index (χ2n) is 4.10. The van der Waals surface area contributed by atoms with E-state index in [1.54, 1.807) is 37.3 Å². The van der Waals surface area contributed by atoms with Crippen LogP contribution in [0.1, 0.15) is 24.2 Å². The highest BCUT2D eigenvalue weighted by Crippen LogP contribution is 2.27. The number of ether oxygens (including phenoxy) is 1. The van der Waals surface area contributed by atoms with E-state index < -0.39 is 11.9 Å². The van der Waals surface area contributed by atoms with Gasteiger partial charge in [-0.05, 0) is 48.9 Å². The van der Waals surface area contributed by atoms with Crippen molar-refractivity contribution in [1.82, 2.24) is 0 Å². The molecule has 0 saturated heterocycles. The Balaban J connectivity index is 2.21. The molecule has 0 unspecified atom stereocenters. The molecule has 1 atom stereocenters. The van der Waals surface area contributed by atoms with Crippen LogP contribution in [-0.4, -0.2) is 5.11 Å². The molecule has 4 heteroatoms. The Kier molecular flexibility index (Phi) is 3.79. The third-order valence-electron chi connectivity index (χ3n) is 2.65. The van der Waals surface area contributed by atoms with E-state index >= 15 is 0 Å². The molecule has 0 aliphatic heterocycles. The number of aliphatic hydroxyl groups excluding tert-OH is 1. The number of hydrogen-bond acceptors (Lipinski definition) is 3. The molecule has 2 aromatic rings. The van der Waals surface area contributed by atoms with Gasteiger partial charge in [-0.15, -0.1) is 0 Å². The van der Waals surface area contributed by atoms with Gasteiger partial charge >= 0.3 is 0 Å². The molecular formula is C15H12FNO2. The third-order valence-corrected chi connectivity index (χ3v) is 2.65. The van der Waals surface area contributed by atoms with Crippen LogP contribution in [0.5, 0.6) is 11.5 Å². The monoisotopic (exact) mass is 257 g/mol. The number of aliphatic hydroxyl groups is 1. The first-order valence-electron chi connectivity index (χ1n) is 5.75. The first-order chi connectivity index (χ1) is 9.10. The predicted molar refractivity (Wildman–Crippen MR) is 68.3 cm³/mol. The van der Waals surface area contributed by atoms with Gasteiger partial charge in [-0.2, -0.15) is 5.26 Å². The summed E-state index contributed by atoms with van der Waals surface area (Å²) in [5.41, 5.74) is 1.00. The fraction of sp³-hybridized carbons (Fsp3) is 0.133. The van der Waals surface area contributed by atoms with E-state index in [0.717, 1.165) is 0 Å². The molecule has 0 saturated carbocycles. The average molecular weight is 257 g/mol. The Labute approximate surface area is 110 Å². The summed E-state index contributed by atoms with van der Waals surface area (Å²) in [6, 6.07) is 12.7. The topological polar surface area (TPSA) is 53.2 Å². The van der Waals surface area contributed by atoms with Gasteiger partial charge in [-0.3, -0.25) is 0 Å². The van der Waals surface area contributed by atoms with E-state index in [0.29, 0.717) is 16.9 Å². The maximum atomic E-state index is 13.8. The van der Waals surface area contributed by atoms with E-state index in [-0.39, 0.29) is 5.75 Å². The van der Waals surface area contributed by atoms with Gasteiger partial charge in [0.2, 0.25) is 0 Å². The van der Waals surface area contributed by atoms with Gasteiger partial charge in [0.15, 0.2) is 11.6 Å². The lowest BCUT2D eigenvalue weighted by Crippen LogP contribution is -1.94. The van der Waals surface area contributed by atoms with Crippen molar-refractivity contribution in [1.29, 1.82) is 5.26 Å². The molecule has 0 amide bonds. The highest BCUT2D eigenvalue weighted by atomic mass is 19.1. The first-order valence-corrected chi connectivity index (χ1v) is 5.75. The van der Waals surface area contributed by atoms with E-state index in [9.17, 15) is 9.50 Å². The first kappa shape index (κ1) is 13.1. The predicted octanol–water partition coefficient (Wildman–Crippen LogP) is 3.54. The molecule has 0 aliphatic carbocycles. The summed E-state index contributed by atoms with van der Waals surface area (Å²) in [6.45, 7) is 1.57. The Morgan fingerprint density at radius 1 is 1.21 bits per heavy atom. The second-order valence-corrected chi connectivity index (χ2v) is 4.10. The van der Waals surface area contributed by atoms with Crippen molar-refractivity contribution in [3.63, 3.8) is 0 Å². The van der Waals surface area contributed by atoms with Gasteiger partial charge in [-0.1, -0.05) is 6.07 Å². The highest BCUT2D eigenvalue weighted by Gasteiger charge is 2.08. The molecule has 1 N–H and O–H groups in total. The Morgan fingerprint density at radius 3 is 2.42 bits per heavy atom. The molecule has 3 nitrogen and oxygen atoms in total. The Bertz CT molecular complexity index is 615. The second kappa shape index (κ2) is 5.51. The lowest BCUT2D eigenvalue weighted by Gasteiger charge is -2.09. The number of benzene rings is 2. The SMILES string of the molecule is C[C@H](O)c1ccc(Oc2ccc(C#N)cc2)c(F)c1. The van der Waals surface area contributed by atoms with Crippen molar-refractivity contribution in [2.24, 2.45) is 0 Å². The van der Waals surface area contributed by atoms with Crippen molar-refractivity contribution in [3.05, 3.63) is 59.4 Å². The van der Waals surface area contributed by atoms with E-state index in [1.165, 1.54) is 12.1 Å². The normalized spacial score (nSPS) is 11.7. The summed E-state index contributed by atoms with van der Waals surface area (Å²) in [5.74, 6) is -0.0143. The summed E-state index contributed by atoms with van der Waals surface area (Å²) in [7, 11) is 0. The van der Waals surface area contributed by atoms with Crippen molar-refractivity contribution in [3.8, 4) is 17.6 Å². The molecule has 2 aromatic carbocycles. The molecule has 0 spiro atoms. The molecule has 0 aromatic heterocycles. The maximum Gasteiger partial charge on any atom is 0.166 e. The summed E-state index contributed by atoms with van der Waals surface area (Å²) in [4.78, 5) is 0. The highest BCUT2D eigenvalue weighted by molar-refractivity contribution is 5.38. The van der Waals surface area contributed by atoms with Crippen molar-refractivity contribution in [2.45, 2.75) is 13.0 Å². The molecule has 0 fully saturated rings. The zero-order chi connectivity index (χ0) is 13.8. The molecule has 19 heavy (non-hydrogen) atoms. The number of halogens is 1. The van der Waals surface area contributed by atoms with Gasteiger partial charge in [0.1, 0.15) is 5.75 Å². The van der Waals surface area contributed by atoms with Crippen LogP contribution in [0.15, 0.2) is 42.5 Å². The lowest BCUT2D eigenvalue weighted by molar-refractivity contribution is 0.198. The summed E-state index contributed by atoms with van der Waals surface area (Å²) in [5, 5.41) is 18.0. The van der Waals surface area contributed by atoms with Crippen LogP contribution in [0.25, 0.3) is 0 Å². The minimum Gasteiger partial charge on any atom is -0.454 e. The lowest BCUT2D eigenvalue weighted by atomic mass is 10.1. The third kappa shape index (κ3) is 3.09. The summed E-state index contributed by atoms with van der Waals surface area (Å²) < 4.78 is 19.1. The van der Waals surface area contributed by atoms with E-state index in [1.807, 2.05) is 6.07 Å². The summed E-state index contributed by atoms with van der Waals surface area (Å²) >= 11 is 0. The largest absolute Gasteiger partial charge is 0.454 e. The van der Waals surface area contributed by atoms with Gasteiger partial charge in [0.25, 0.3) is 0 Å². The van der Waals surface area contributed by atoms with Gasteiger partial charge in [0.05, 0.1) is 17.7 Å². The van der Waals surface area contributed by atoms with Crippen LogP contribution in [-0.2, 0) is 0 Å². The van der Waals surface area contributed by atoms with Gasteiger partial charge in [-0.25, -0.2) is 4.39 Å². The van der Waals surface area contributed by atoms with Crippen LogP contribution in [0.3, 0.4) is 0 Å². The standard InChI is InChI=1S/C15H12FNO2/c1-10(18)12-4-7-15(14(16)8-12)19-13-5-2-11(9-17)3-6-13/h2-8,10,18H,1H3/t10-/m0/s1. The van der Waals surface area contributed by atoms with E-state index in [2.05, 4.69) is 0 Å². The molecule has 96 valence electrons. The van der Waals surface area contributed by atoms with Crippen LogP contribution in [0, 0.1) is 17.1 Å². The number of nitrogens with zero attached hydrogens (tertiary/aromatic N) is 1. The Hall–Kier alpha value is -2.38. The fourth-order valence-electron chi connectivity index (χ4n) is 1.58. The van der Waals surface area contributed by atoms with Crippen LogP contribution in [0.4, 0.5) is 4.39 Å². The van der Waals surface area contributed by atoms with Crippen molar-refractivity contribution in [2.75, 3.05) is 0 Å². The number of nitriles is 1. The zero-order valence-corrected chi connectivity index (χ0v) is 10.3. The number of rotatable bonds is 3. The Morgan fingerprint density at radius 2 is 1.89 bits per heavy atom. The minimum atomic E-state index is -0.724. The van der Waals surface area contributed by atoms with Gasteiger partial charge in [0, 0.05) is 0 Å². The quantitative estimate of drug-likeness (QED) is 0.914. The van der Waals surface area contributed by atoms with Crippen molar-refractivity contribution < 1.29 is 14.2 Å². The minimum absolute atomic E-state index is 0.0779.